The van der Waals surface area contributed by atoms with Gasteiger partial charge >= 0.3 is 0 Å². The predicted molar refractivity (Wildman–Crippen MR) is 124 cm³/mol. The summed E-state index contributed by atoms with van der Waals surface area (Å²) in [5.41, 5.74) is 2.85. The number of benzene rings is 3. The Balaban J connectivity index is 1.44. The van der Waals surface area contributed by atoms with E-state index in [9.17, 15) is 4.79 Å². The molecular weight excluding hydrogens is 410 g/mol. The molecule has 0 radical (unpaired) electrons. The molecule has 0 aliphatic rings. The summed E-state index contributed by atoms with van der Waals surface area (Å²) in [5.74, 6) is 1.25. The number of nitrogens with one attached hydrogen (secondary N) is 1. The van der Waals surface area contributed by atoms with Gasteiger partial charge < -0.3 is 14.6 Å². The molecule has 0 unspecified atom stereocenters. The molecule has 1 N–H and O–H groups in total. The Kier molecular flexibility index (Phi) is 6.65. The number of carbonyl (C=O) groups excluding carboxylic acids is 1. The Morgan fingerprint density at radius 1 is 1.00 bits per heavy atom. The molecule has 0 aliphatic heterocycles. The highest BCUT2D eigenvalue weighted by molar-refractivity contribution is 6.32. The van der Waals surface area contributed by atoms with Crippen LogP contribution in [-0.2, 0) is 17.9 Å². The second kappa shape index (κ2) is 9.96. The summed E-state index contributed by atoms with van der Waals surface area (Å²) in [6, 6.07) is 25.0. The third-order valence-electron chi connectivity index (χ3n) is 4.79. The molecule has 1 amide bonds. The number of imidazole rings is 1. The number of ether oxygens (including phenoxy) is 1. The fourth-order valence-electron chi connectivity index (χ4n) is 3.28. The third-order valence-corrected chi connectivity index (χ3v) is 5.10. The summed E-state index contributed by atoms with van der Waals surface area (Å²) < 4.78 is 7.91. The minimum atomic E-state index is -0.172. The van der Waals surface area contributed by atoms with Gasteiger partial charge in [0.1, 0.15) is 18.2 Å². The van der Waals surface area contributed by atoms with Crippen LogP contribution in [0.1, 0.15) is 11.4 Å². The van der Waals surface area contributed by atoms with Crippen LogP contribution in [0.3, 0.4) is 0 Å². The quantitative estimate of drug-likeness (QED) is 0.395. The van der Waals surface area contributed by atoms with E-state index in [2.05, 4.69) is 14.9 Å². The van der Waals surface area contributed by atoms with E-state index in [0.29, 0.717) is 30.5 Å². The second-order valence-electron chi connectivity index (χ2n) is 6.91. The lowest BCUT2D eigenvalue weighted by molar-refractivity contribution is -0.116. The molecular formula is C25H22ClN3O2. The van der Waals surface area contributed by atoms with Crippen LogP contribution in [0.25, 0.3) is 17.1 Å². The molecule has 1 aromatic heterocycles. The molecule has 31 heavy (non-hydrogen) atoms. The van der Waals surface area contributed by atoms with E-state index in [4.69, 9.17) is 16.3 Å². The number of hydrogen-bond acceptors (Lipinski definition) is 3. The number of aromatic nitrogens is 2. The van der Waals surface area contributed by atoms with E-state index >= 15 is 0 Å². The van der Waals surface area contributed by atoms with Gasteiger partial charge in [0.25, 0.3) is 0 Å². The van der Waals surface area contributed by atoms with Crippen molar-refractivity contribution in [3.8, 4) is 5.75 Å². The summed E-state index contributed by atoms with van der Waals surface area (Å²) in [5, 5.41) is 3.50. The summed E-state index contributed by atoms with van der Waals surface area (Å²) in [6.45, 7) is 1.33. The van der Waals surface area contributed by atoms with Crippen molar-refractivity contribution in [2.75, 3.05) is 6.61 Å². The highest BCUT2D eigenvalue weighted by atomic mass is 35.5. The van der Waals surface area contributed by atoms with Crippen LogP contribution in [0, 0.1) is 0 Å². The second-order valence-corrected chi connectivity index (χ2v) is 7.32. The number of para-hydroxylation sites is 3. The van der Waals surface area contributed by atoms with Gasteiger partial charge in [-0.25, -0.2) is 4.98 Å². The Hall–Kier alpha value is -3.57. The summed E-state index contributed by atoms with van der Waals surface area (Å²) >= 11 is 6.17. The largest absolute Gasteiger partial charge is 0.490 e. The number of carbonyl (C=O) groups is 1. The lowest BCUT2D eigenvalue weighted by atomic mass is 10.2. The van der Waals surface area contributed by atoms with Crippen molar-refractivity contribution < 1.29 is 9.53 Å². The zero-order valence-electron chi connectivity index (χ0n) is 16.9. The minimum Gasteiger partial charge on any atom is -0.490 e. The molecule has 6 heteroatoms. The molecule has 0 aliphatic carbocycles. The first-order chi connectivity index (χ1) is 15.2. The molecule has 0 fully saturated rings. The average Bonchev–Trinajstić information content (AvgIpc) is 3.16. The first-order valence-electron chi connectivity index (χ1n) is 10.0. The minimum absolute atomic E-state index is 0.172. The molecule has 3 aromatic carbocycles. The third kappa shape index (κ3) is 5.32. The molecule has 1 heterocycles. The first-order valence-corrected chi connectivity index (χ1v) is 10.4. The van der Waals surface area contributed by atoms with Gasteiger partial charge in [0, 0.05) is 6.08 Å². The number of rotatable bonds is 8. The van der Waals surface area contributed by atoms with Gasteiger partial charge in [-0.2, -0.15) is 0 Å². The molecule has 0 saturated carbocycles. The van der Waals surface area contributed by atoms with Crippen LogP contribution < -0.4 is 10.1 Å². The summed E-state index contributed by atoms with van der Waals surface area (Å²) in [4.78, 5) is 17.0. The van der Waals surface area contributed by atoms with Gasteiger partial charge in [0.2, 0.25) is 5.91 Å². The van der Waals surface area contributed by atoms with Gasteiger partial charge in [-0.15, -0.1) is 0 Å². The van der Waals surface area contributed by atoms with E-state index in [1.807, 2.05) is 72.8 Å². The normalized spacial score (nSPS) is 11.1. The zero-order chi connectivity index (χ0) is 21.5. The maximum Gasteiger partial charge on any atom is 0.244 e. The number of amides is 1. The van der Waals surface area contributed by atoms with E-state index in [0.717, 1.165) is 22.4 Å². The lowest BCUT2D eigenvalue weighted by Gasteiger charge is -2.12. The Bertz CT molecular complexity index is 1200. The Morgan fingerprint density at radius 2 is 1.74 bits per heavy atom. The summed E-state index contributed by atoms with van der Waals surface area (Å²) in [7, 11) is 0. The van der Waals surface area contributed by atoms with E-state index in [1.165, 1.54) is 6.08 Å². The molecule has 156 valence electrons. The first kappa shape index (κ1) is 20.7. The van der Waals surface area contributed by atoms with Crippen molar-refractivity contribution in [1.29, 1.82) is 0 Å². The zero-order valence-corrected chi connectivity index (χ0v) is 17.6. The number of fused-ring (bicyclic) bond motifs is 1. The molecule has 5 nitrogen and oxygen atoms in total. The van der Waals surface area contributed by atoms with Crippen molar-refractivity contribution in [2.45, 2.75) is 13.1 Å². The van der Waals surface area contributed by atoms with Gasteiger partial charge in [-0.05, 0) is 35.9 Å². The fourth-order valence-corrected chi connectivity index (χ4v) is 3.47. The molecule has 0 atom stereocenters. The number of hydrogen-bond donors (Lipinski definition) is 1. The van der Waals surface area contributed by atoms with E-state index in [1.54, 1.807) is 12.1 Å². The van der Waals surface area contributed by atoms with Gasteiger partial charge in [0.15, 0.2) is 0 Å². The van der Waals surface area contributed by atoms with Crippen molar-refractivity contribution in [2.24, 2.45) is 0 Å². The number of nitrogens with zero attached hydrogens (tertiary/aromatic N) is 2. The van der Waals surface area contributed by atoms with Crippen LogP contribution in [0.15, 0.2) is 84.9 Å². The molecule has 0 bridgehead atoms. The van der Waals surface area contributed by atoms with Gasteiger partial charge in [-0.1, -0.05) is 66.2 Å². The Labute approximate surface area is 185 Å². The standard InChI is InChI=1S/C25H22ClN3O2/c26-20-10-4-7-13-23(20)31-17-16-29-22-12-6-5-11-21(22)28-24(29)18-27-25(30)15-14-19-8-2-1-3-9-19/h1-15H,16-18H2,(H,27,30)/b15-14-. The topological polar surface area (TPSA) is 56.2 Å². The average molecular weight is 432 g/mol. The van der Waals surface area contributed by atoms with Crippen LogP contribution >= 0.6 is 11.6 Å². The number of halogens is 1. The van der Waals surface area contributed by atoms with Crippen molar-refractivity contribution in [3.05, 3.63) is 101 Å². The molecule has 0 spiro atoms. The predicted octanol–water partition coefficient (Wildman–Crippen LogP) is 5.10. The fraction of sp³-hybridized carbons (Fsp3) is 0.120. The van der Waals surface area contributed by atoms with Crippen molar-refractivity contribution in [3.63, 3.8) is 0 Å². The van der Waals surface area contributed by atoms with Gasteiger partial charge in [0.05, 0.1) is 29.1 Å². The van der Waals surface area contributed by atoms with Crippen LogP contribution in [0.5, 0.6) is 5.75 Å². The van der Waals surface area contributed by atoms with Crippen molar-refractivity contribution >= 4 is 34.6 Å². The maximum atomic E-state index is 12.3. The molecule has 0 saturated heterocycles. The SMILES string of the molecule is O=C(/C=C\c1ccccc1)NCc1nc2ccccc2n1CCOc1ccccc1Cl. The van der Waals surface area contributed by atoms with Crippen molar-refractivity contribution in [1.82, 2.24) is 14.9 Å². The molecule has 4 rings (SSSR count). The highest BCUT2D eigenvalue weighted by Gasteiger charge is 2.11. The van der Waals surface area contributed by atoms with E-state index < -0.39 is 0 Å². The molecule has 4 aromatic rings. The van der Waals surface area contributed by atoms with Crippen LogP contribution in [-0.4, -0.2) is 22.1 Å². The monoisotopic (exact) mass is 431 g/mol. The summed E-state index contributed by atoms with van der Waals surface area (Å²) in [6.07, 6.45) is 3.32. The van der Waals surface area contributed by atoms with Crippen LogP contribution in [0.2, 0.25) is 5.02 Å². The smallest absolute Gasteiger partial charge is 0.244 e. The maximum absolute atomic E-state index is 12.3. The van der Waals surface area contributed by atoms with Crippen LogP contribution in [0.4, 0.5) is 0 Å². The van der Waals surface area contributed by atoms with Gasteiger partial charge in [-0.3, -0.25) is 4.79 Å². The highest BCUT2D eigenvalue weighted by Crippen LogP contribution is 2.23. The van der Waals surface area contributed by atoms with E-state index in [-0.39, 0.29) is 5.91 Å². The Morgan fingerprint density at radius 3 is 2.58 bits per heavy atom. The lowest BCUT2D eigenvalue weighted by Crippen LogP contribution is -2.23.